The van der Waals surface area contributed by atoms with Crippen LogP contribution in [0.2, 0.25) is 5.02 Å². The molecule has 0 heterocycles. The van der Waals surface area contributed by atoms with E-state index in [-0.39, 0.29) is 12.5 Å². The number of aryl methyl sites for hydroxylation is 1. The number of hydrogen-bond acceptors (Lipinski definition) is 4. The summed E-state index contributed by atoms with van der Waals surface area (Å²) >= 11 is 5.98. The molecule has 0 saturated carbocycles. The summed E-state index contributed by atoms with van der Waals surface area (Å²) in [6, 6.07) is 10.9. The van der Waals surface area contributed by atoms with Crippen molar-refractivity contribution in [1.29, 1.82) is 0 Å². The van der Waals surface area contributed by atoms with Gasteiger partial charge < -0.3 is 19.5 Å². The number of rotatable bonds is 10. The fourth-order valence-corrected chi connectivity index (χ4v) is 2.49. The first-order valence-electron chi connectivity index (χ1n) is 8.98. The zero-order chi connectivity index (χ0) is 19.6. The Morgan fingerprint density at radius 2 is 1.93 bits per heavy atom. The lowest BCUT2D eigenvalue weighted by Gasteiger charge is -2.13. The molecule has 0 spiro atoms. The Hall–Kier alpha value is -2.40. The summed E-state index contributed by atoms with van der Waals surface area (Å²) in [6.07, 6.45) is 2.07. The van der Waals surface area contributed by atoms with Crippen molar-refractivity contribution in [3.63, 3.8) is 0 Å². The smallest absolute Gasteiger partial charge is 0.258 e. The molecule has 27 heavy (non-hydrogen) atoms. The summed E-state index contributed by atoms with van der Waals surface area (Å²) in [5.74, 6) is 1.78. The lowest BCUT2D eigenvalue weighted by molar-refractivity contribution is -0.123. The molecule has 2 rings (SSSR count). The number of amides is 1. The van der Waals surface area contributed by atoms with Gasteiger partial charge in [0.05, 0.1) is 13.7 Å². The molecule has 0 atom stereocenters. The summed E-state index contributed by atoms with van der Waals surface area (Å²) in [7, 11) is 1.60. The second-order valence-electron chi connectivity index (χ2n) is 6.16. The highest BCUT2D eigenvalue weighted by Gasteiger charge is 2.08. The van der Waals surface area contributed by atoms with Crippen LogP contribution in [0.15, 0.2) is 36.4 Å². The molecular formula is C21H26ClNO4. The number of carbonyl (C=O) groups excluding carboxylic acids is 1. The molecule has 0 unspecified atom stereocenters. The Morgan fingerprint density at radius 3 is 2.63 bits per heavy atom. The van der Waals surface area contributed by atoms with Crippen molar-refractivity contribution in [1.82, 2.24) is 5.32 Å². The van der Waals surface area contributed by atoms with Crippen molar-refractivity contribution < 1.29 is 19.0 Å². The van der Waals surface area contributed by atoms with Crippen molar-refractivity contribution in [2.45, 2.75) is 33.2 Å². The molecule has 0 radical (unpaired) electrons. The van der Waals surface area contributed by atoms with E-state index in [0.29, 0.717) is 35.4 Å². The average molecular weight is 392 g/mol. The Morgan fingerprint density at radius 1 is 1.11 bits per heavy atom. The molecule has 0 aliphatic heterocycles. The van der Waals surface area contributed by atoms with Gasteiger partial charge in [0.1, 0.15) is 5.75 Å². The maximum atomic E-state index is 12.0. The topological polar surface area (TPSA) is 56.8 Å². The summed E-state index contributed by atoms with van der Waals surface area (Å²) in [4.78, 5) is 12.0. The van der Waals surface area contributed by atoms with Gasteiger partial charge in [-0.3, -0.25) is 4.79 Å². The fraction of sp³-hybridized carbons (Fsp3) is 0.381. The van der Waals surface area contributed by atoms with Crippen LogP contribution in [0.25, 0.3) is 0 Å². The van der Waals surface area contributed by atoms with Gasteiger partial charge in [-0.2, -0.15) is 0 Å². The van der Waals surface area contributed by atoms with Crippen molar-refractivity contribution in [3.05, 3.63) is 52.5 Å². The minimum Gasteiger partial charge on any atom is -0.493 e. The van der Waals surface area contributed by atoms with Gasteiger partial charge in [-0.15, -0.1) is 0 Å². The van der Waals surface area contributed by atoms with Gasteiger partial charge in [-0.1, -0.05) is 31.0 Å². The van der Waals surface area contributed by atoms with Crippen LogP contribution in [-0.4, -0.2) is 26.2 Å². The molecule has 0 aliphatic rings. The number of nitrogens with one attached hydrogen (secondary N) is 1. The molecule has 5 nitrogen and oxygen atoms in total. The molecule has 2 aromatic carbocycles. The molecular weight excluding hydrogens is 366 g/mol. The summed E-state index contributed by atoms with van der Waals surface area (Å²) in [5.41, 5.74) is 1.83. The normalized spacial score (nSPS) is 10.4. The molecule has 146 valence electrons. The van der Waals surface area contributed by atoms with E-state index in [1.165, 1.54) is 0 Å². The molecule has 0 aliphatic carbocycles. The van der Waals surface area contributed by atoms with Crippen LogP contribution in [0.1, 0.15) is 30.9 Å². The number of ether oxygens (including phenoxy) is 3. The lowest BCUT2D eigenvalue weighted by atomic mass is 10.2. The molecule has 0 saturated heterocycles. The number of hydrogen-bond donors (Lipinski definition) is 1. The molecule has 1 amide bonds. The van der Waals surface area contributed by atoms with Crippen molar-refractivity contribution in [2.24, 2.45) is 0 Å². The fourth-order valence-electron chi connectivity index (χ4n) is 2.38. The monoisotopic (exact) mass is 391 g/mol. The van der Waals surface area contributed by atoms with E-state index in [4.69, 9.17) is 25.8 Å². The van der Waals surface area contributed by atoms with Crippen molar-refractivity contribution in [3.8, 4) is 17.2 Å². The highest BCUT2D eigenvalue weighted by molar-refractivity contribution is 6.31. The highest BCUT2D eigenvalue weighted by Crippen LogP contribution is 2.28. The summed E-state index contributed by atoms with van der Waals surface area (Å²) in [6.45, 7) is 4.98. The van der Waals surface area contributed by atoms with Gasteiger partial charge in [0.25, 0.3) is 5.91 Å². The van der Waals surface area contributed by atoms with E-state index in [2.05, 4.69) is 12.2 Å². The van der Waals surface area contributed by atoms with E-state index in [1.807, 2.05) is 25.1 Å². The Kier molecular flexibility index (Phi) is 8.27. The minimum atomic E-state index is -0.204. The second-order valence-corrected chi connectivity index (χ2v) is 6.57. The van der Waals surface area contributed by atoms with E-state index < -0.39 is 0 Å². The van der Waals surface area contributed by atoms with Gasteiger partial charge in [0.15, 0.2) is 18.1 Å². The maximum Gasteiger partial charge on any atom is 0.258 e. The third-order valence-corrected chi connectivity index (χ3v) is 4.40. The molecule has 1 N–H and O–H groups in total. The number of halogens is 1. The standard InChI is InChI=1S/C21H26ClNO4/c1-4-5-10-26-19-9-6-16(12-20(19)25-3)13-23-21(24)14-27-17-7-8-18(22)15(2)11-17/h6-9,11-12H,4-5,10,13-14H2,1-3H3,(H,23,24). The highest BCUT2D eigenvalue weighted by atomic mass is 35.5. The molecule has 0 bridgehead atoms. The van der Waals surface area contributed by atoms with Crippen LogP contribution in [0.5, 0.6) is 17.2 Å². The Balaban J connectivity index is 1.84. The van der Waals surface area contributed by atoms with E-state index in [0.717, 1.165) is 24.0 Å². The summed E-state index contributed by atoms with van der Waals surface area (Å²) in [5, 5.41) is 3.50. The molecule has 0 aromatic heterocycles. The number of methoxy groups -OCH3 is 1. The van der Waals surface area contributed by atoms with Gasteiger partial charge in [-0.25, -0.2) is 0 Å². The van der Waals surface area contributed by atoms with E-state index in [1.54, 1.807) is 25.3 Å². The van der Waals surface area contributed by atoms with Gasteiger partial charge in [0, 0.05) is 11.6 Å². The van der Waals surface area contributed by atoms with E-state index in [9.17, 15) is 4.79 Å². The zero-order valence-electron chi connectivity index (χ0n) is 16.0. The molecule has 2 aromatic rings. The average Bonchev–Trinajstić information content (AvgIpc) is 2.68. The maximum absolute atomic E-state index is 12.0. The minimum absolute atomic E-state index is 0.0591. The lowest BCUT2D eigenvalue weighted by Crippen LogP contribution is -2.28. The van der Waals surface area contributed by atoms with Crippen LogP contribution in [0, 0.1) is 6.92 Å². The number of benzene rings is 2. The van der Waals surface area contributed by atoms with Crippen LogP contribution in [0.3, 0.4) is 0 Å². The first-order valence-corrected chi connectivity index (χ1v) is 9.36. The van der Waals surface area contributed by atoms with Crippen LogP contribution in [-0.2, 0) is 11.3 Å². The van der Waals surface area contributed by atoms with Crippen LogP contribution in [0.4, 0.5) is 0 Å². The number of carbonyl (C=O) groups is 1. The largest absolute Gasteiger partial charge is 0.493 e. The molecule has 6 heteroatoms. The third-order valence-electron chi connectivity index (χ3n) is 3.97. The predicted molar refractivity (Wildman–Crippen MR) is 107 cm³/mol. The SMILES string of the molecule is CCCCOc1ccc(CNC(=O)COc2ccc(Cl)c(C)c2)cc1OC. The van der Waals surface area contributed by atoms with Crippen molar-refractivity contribution >= 4 is 17.5 Å². The number of unbranched alkanes of at least 4 members (excludes halogenated alkanes) is 1. The third kappa shape index (κ3) is 6.68. The van der Waals surface area contributed by atoms with Crippen molar-refractivity contribution in [2.75, 3.05) is 20.3 Å². The second kappa shape index (κ2) is 10.7. The first-order chi connectivity index (χ1) is 13.0. The Bertz CT molecular complexity index is 764. The first kappa shape index (κ1) is 20.9. The van der Waals surface area contributed by atoms with Crippen LogP contribution >= 0.6 is 11.6 Å². The van der Waals surface area contributed by atoms with Crippen LogP contribution < -0.4 is 19.5 Å². The molecule has 0 fully saturated rings. The van der Waals surface area contributed by atoms with Gasteiger partial charge in [0.2, 0.25) is 0 Å². The quantitative estimate of drug-likeness (QED) is 0.604. The summed E-state index contributed by atoms with van der Waals surface area (Å²) < 4.78 is 16.6. The van der Waals surface area contributed by atoms with E-state index >= 15 is 0 Å². The van der Waals surface area contributed by atoms with Gasteiger partial charge >= 0.3 is 0 Å². The predicted octanol–water partition coefficient (Wildman–Crippen LogP) is 4.53. The Labute approximate surface area is 165 Å². The zero-order valence-corrected chi connectivity index (χ0v) is 16.8. The van der Waals surface area contributed by atoms with Gasteiger partial charge in [-0.05, 0) is 54.8 Å².